The molecule has 88 valence electrons. The largest absolute Gasteiger partial charge is 0.380 e. The molecule has 1 nitrogen and oxygen atoms in total. The Labute approximate surface area is 109 Å². The SMILES string of the molecule is Fc1ccccc1CNc1cccc(Cl)c1Cl. The molecule has 0 heterocycles. The van der Waals surface area contributed by atoms with Gasteiger partial charge in [0.05, 0.1) is 15.7 Å². The molecule has 4 heteroatoms. The van der Waals surface area contributed by atoms with Gasteiger partial charge in [-0.1, -0.05) is 47.5 Å². The van der Waals surface area contributed by atoms with Crippen LogP contribution in [0.3, 0.4) is 0 Å². The van der Waals surface area contributed by atoms with Gasteiger partial charge in [0.1, 0.15) is 5.82 Å². The van der Waals surface area contributed by atoms with E-state index in [0.717, 1.165) is 0 Å². The van der Waals surface area contributed by atoms with Crippen molar-refractivity contribution < 1.29 is 4.39 Å². The van der Waals surface area contributed by atoms with E-state index in [1.165, 1.54) is 6.07 Å². The van der Waals surface area contributed by atoms with Crippen LogP contribution in [0, 0.1) is 5.82 Å². The Morgan fingerprint density at radius 3 is 2.53 bits per heavy atom. The van der Waals surface area contributed by atoms with Gasteiger partial charge in [-0.3, -0.25) is 0 Å². The molecule has 0 unspecified atom stereocenters. The molecule has 0 atom stereocenters. The van der Waals surface area contributed by atoms with Crippen molar-refractivity contribution in [1.29, 1.82) is 0 Å². The number of halogens is 3. The number of rotatable bonds is 3. The van der Waals surface area contributed by atoms with Crippen LogP contribution < -0.4 is 5.32 Å². The summed E-state index contributed by atoms with van der Waals surface area (Å²) in [6, 6.07) is 11.9. The highest BCUT2D eigenvalue weighted by Crippen LogP contribution is 2.29. The normalized spacial score (nSPS) is 10.3. The van der Waals surface area contributed by atoms with E-state index in [0.29, 0.717) is 27.8 Å². The summed E-state index contributed by atoms with van der Waals surface area (Å²) in [5, 5.41) is 3.98. The fourth-order valence-corrected chi connectivity index (χ4v) is 1.84. The van der Waals surface area contributed by atoms with E-state index in [2.05, 4.69) is 5.32 Å². The van der Waals surface area contributed by atoms with E-state index in [-0.39, 0.29) is 5.82 Å². The van der Waals surface area contributed by atoms with Gasteiger partial charge in [0.25, 0.3) is 0 Å². The molecule has 0 aliphatic carbocycles. The van der Waals surface area contributed by atoms with Gasteiger partial charge in [-0.25, -0.2) is 4.39 Å². The molecule has 2 aromatic rings. The van der Waals surface area contributed by atoms with Crippen molar-refractivity contribution in [1.82, 2.24) is 0 Å². The third kappa shape index (κ3) is 2.90. The first-order chi connectivity index (χ1) is 8.18. The van der Waals surface area contributed by atoms with Gasteiger partial charge >= 0.3 is 0 Å². The van der Waals surface area contributed by atoms with Crippen LogP contribution in [0.5, 0.6) is 0 Å². The topological polar surface area (TPSA) is 12.0 Å². The molecule has 0 saturated carbocycles. The molecule has 0 saturated heterocycles. The Hall–Kier alpha value is -1.25. The van der Waals surface area contributed by atoms with Gasteiger partial charge in [0.15, 0.2) is 0 Å². The molecule has 0 fully saturated rings. The van der Waals surface area contributed by atoms with Gasteiger partial charge in [-0.05, 0) is 18.2 Å². The molecule has 0 amide bonds. The first-order valence-electron chi connectivity index (χ1n) is 5.10. The summed E-state index contributed by atoms with van der Waals surface area (Å²) >= 11 is 11.9. The maximum absolute atomic E-state index is 13.4. The van der Waals surface area contributed by atoms with E-state index in [1.54, 1.807) is 36.4 Å². The first kappa shape index (κ1) is 12.2. The minimum absolute atomic E-state index is 0.238. The van der Waals surface area contributed by atoms with Gasteiger partial charge in [-0.15, -0.1) is 0 Å². The lowest BCUT2D eigenvalue weighted by Crippen LogP contribution is -2.02. The Balaban J connectivity index is 2.13. The Kier molecular flexibility index (Phi) is 3.87. The second-order valence-electron chi connectivity index (χ2n) is 3.55. The van der Waals surface area contributed by atoms with Gasteiger partial charge in [0.2, 0.25) is 0 Å². The molecule has 0 aliphatic rings. The average Bonchev–Trinajstić information content (AvgIpc) is 2.33. The van der Waals surface area contributed by atoms with E-state index >= 15 is 0 Å². The number of hydrogen-bond acceptors (Lipinski definition) is 1. The van der Waals surface area contributed by atoms with E-state index in [4.69, 9.17) is 23.2 Å². The molecule has 2 aromatic carbocycles. The van der Waals surface area contributed by atoms with Crippen molar-refractivity contribution in [3.63, 3.8) is 0 Å². The second-order valence-corrected chi connectivity index (χ2v) is 4.33. The summed E-state index contributed by atoms with van der Waals surface area (Å²) in [4.78, 5) is 0. The smallest absolute Gasteiger partial charge is 0.128 e. The van der Waals surface area contributed by atoms with Crippen molar-refractivity contribution >= 4 is 28.9 Å². The maximum atomic E-state index is 13.4. The second kappa shape index (κ2) is 5.39. The summed E-state index contributed by atoms with van der Waals surface area (Å²) in [7, 11) is 0. The van der Waals surface area contributed by atoms with Crippen LogP contribution in [-0.4, -0.2) is 0 Å². The van der Waals surface area contributed by atoms with E-state index < -0.39 is 0 Å². The minimum atomic E-state index is -0.238. The highest BCUT2D eigenvalue weighted by molar-refractivity contribution is 6.43. The van der Waals surface area contributed by atoms with Crippen molar-refractivity contribution in [2.45, 2.75) is 6.54 Å². The molecule has 1 N–H and O–H groups in total. The molecule has 0 bridgehead atoms. The summed E-state index contributed by atoms with van der Waals surface area (Å²) in [6.45, 7) is 0.368. The summed E-state index contributed by atoms with van der Waals surface area (Å²) in [6.07, 6.45) is 0. The van der Waals surface area contributed by atoms with Crippen LogP contribution in [0.25, 0.3) is 0 Å². The third-order valence-electron chi connectivity index (χ3n) is 2.38. The van der Waals surface area contributed by atoms with E-state index in [9.17, 15) is 4.39 Å². The molecule has 0 radical (unpaired) electrons. The fraction of sp³-hybridized carbons (Fsp3) is 0.0769. The Morgan fingerprint density at radius 1 is 1.00 bits per heavy atom. The van der Waals surface area contributed by atoms with Gasteiger partial charge in [-0.2, -0.15) is 0 Å². The number of hydrogen-bond donors (Lipinski definition) is 1. The number of benzene rings is 2. The van der Waals surface area contributed by atoms with Crippen LogP contribution in [0.2, 0.25) is 10.0 Å². The Bertz CT molecular complexity index is 529. The molecule has 0 aromatic heterocycles. The van der Waals surface area contributed by atoms with Crippen LogP contribution in [0.15, 0.2) is 42.5 Å². The van der Waals surface area contributed by atoms with Crippen molar-refractivity contribution in [2.24, 2.45) is 0 Å². The monoisotopic (exact) mass is 269 g/mol. The third-order valence-corrected chi connectivity index (χ3v) is 3.20. The molecular weight excluding hydrogens is 260 g/mol. The van der Waals surface area contributed by atoms with Crippen molar-refractivity contribution in [2.75, 3.05) is 5.32 Å². The zero-order chi connectivity index (χ0) is 12.3. The zero-order valence-electron chi connectivity index (χ0n) is 8.88. The predicted octanol–water partition coefficient (Wildman–Crippen LogP) is 4.74. The standard InChI is InChI=1S/C13H10Cl2FN/c14-10-5-3-7-12(13(10)15)17-8-9-4-1-2-6-11(9)16/h1-7,17H,8H2. The highest BCUT2D eigenvalue weighted by atomic mass is 35.5. The number of nitrogens with one attached hydrogen (secondary N) is 1. The minimum Gasteiger partial charge on any atom is -0.380 e. The molecule has 0 aliphatic heterocycles. The van der Waals surface area contributed by atoms with Crippen LogP contribution in [0.4, 0.5) is 10.1 Å². The quantitative estimate of drug-likeness (QED) is 0.849. The van der Waals surface area contributed by atoms with E-state index in [1.807, 2.05) is 0 Å². The lowest BCUT2D eigenvalue weighted by molar-refractivity contribution is 0.613. The molecular formula is C13H10Cl2FN. The zero-order valence-corrected chi connectivity index (χ0v) is 10.4. The summed E-state index contributed by atoms with van der Waals surface area (Å²) in [5.41, 5.74) is 1.28. The van der Waals surface area contributed by atoms with Crippen LogP contribution in [-0.2, 0) is 6.54 Å². The lowest BCUT2D eigenvalue weighted by Gasteiger charge is -2.09. The van der Waals surface area contributed by atoms with Crippen LogP contribution >= 0.6 is 23.2 Å². The van der Waals surface area contributed by atoms with Crippen molar-refractivity contribution in [3.05, 3.63) is 63.9 Å². The van der Waals surface area contributed by atoms with Crippen LogP contribution in [0.1, 0.15) is 5.56 Å². The number of anilines is 1. The molecule has 2 rings (SSSR count). The summed E-state index contributed by atoms with van der Waals surface area (Å²) < 4.78 is 13.4. The van der Waals surface area contributed by atoms with Gasteiger partial charge < -0.3 is 5.32 Å². The predicted molar refractivity (Wildman–Crippen MR) is 70.2 cm³/mol. The van der Waals surface area contributed by atoms with Crippen molar-refractivity contribution in [3.8, 4) is 0 Å². The fourth-order valence-electron chi connectivity index (χ4n) is 1.47. The molecule has 17 heavy (non-hydrogen) atoms. The Morgan fingerprint density at radius 2 is 1.76 bits per heavy atom. The lowest BCUT2D eigenvalue weighted by atomic mass is 10.2. The average molecular weight is 270 g/mol. The van der Waals surface area contributed by atoms with Gasteiger partial charge in [0, 0.05) is 12.1 Å². The molecule has 0 spiro atoms. The first-order valence-corrected chi connectivity index (χ1v) is 5.85. The maximum Gasteiger partial charge on any atom is 0.128 e. The highest BCUT2D eigenvalue weighted by Gasteiger charge is 2.05. The summed E-state index contributed by atoms with van der Waals surface area (Å²) in [5.74, 6) is -0.238.